The first-order valence-electron chi connectivity index (χ1n) is 9.46. The van der Waals surface area contributed by atoms with Crippen molar-refractivity contribution in [2.45, 2.75) is 19.4 Å². The van der Waals surface area contributed by atoms with Crippen LogP contribution in [0.2, 0.25) is 0 Å². The van der Waals surface area contributed by atoms with Gasteiger partial charge < -0.3 is 24.3 Å². The molecule has 1 N–H and O–H groups in total. The van der Waals surface area contributed by atoms with E-state index in [2.05, 4.69) is 5.32 Å². The third kappa shape index (κ3) is 5.28. The lowest BCUT2D eigenvalue weighted by Crippen LogP contribution is -2.43. The fourth-order valence-corrected chi connectivity index (χ4v) is 2.99. The number of ketones is 1. The summed E-state index contributed by atoms with van der Waals surface area (Å²) in [4.78, 5) is 36.5. The standard InChI is InChI=1S/C22H23NO7/c1-14(24)17(10-15-6-4-3-5-7-15)23-20(25)13-30-22(26)16-11-18(27-2)21-19(12-16)28-8-9-29-21/h3-7,11-12,17H,8-10,13H2,1-2H3,(H,23,25)/t17-/m1/s1. The monoisotopic (exact) mass is 413 g/mol. The van der Waals surface area contributed by atoms with Crippen LogP contribution in [0.25, 0.3) is 0 Å². The molecule has 0 unspecified atom stereocenters. The minimum Gasteiger partial charge on any atom is -0.493 e. The Kier molecular flexibility index (Phi) is 6.90. The second-order valence-electron chi connectivity index (χ2n) is 6.70. The number of nitrogens with one attached hydrogen (secondary N) is 1. The Morgan fingerprint density at radius 1 is 1.10 bits per heavy atom. The van der Waals surface area contributed by atoms with E-state index in [0.29, 0.717) is 36.9 Å². The summed E-state index contributed by atoms with van der Waals surface area (Å²) in [5.74, 6) is -0.343. The lowest BCUT2D eigenvalue weighted by Gasteiger charge is -2.21. The number of amides is 1. The molecule has 3 rings (SSSR count). The first-order valence-corrected chi connectivity index (χ1v) is 9.46. The molecule has 0 saturated carbocycles. The molecule has 0 saturated heterocycles. The summed E-state index contributed by atoms with van der Waals surface area (Å²) in [5, 5.41) is 2.61. The van der Waals surface area contributed by atoms with Crippen molar-refractivity contribution in [3.8, 4) is 17.2 Å². The van der Waals surface area contributed by atoms with E-state index in [9.17, 15) is 14.4 Å². The van der Waals surface area contributed by atoms with Gasteiger partial charge in [0.25, 0.3) is 5.91 Å². The predicted molar refractivity (Wildman–Crippen MR) is 107 cm³/mol. The van der Waals surface area contributed by atoms with Crippen LogP contribution >= 0.6 is 0 Å². The van der Waals surface area contributed by atoms with Gasteiger partial charge >= 0.3 is 5.97 Å². The largest absolute Gasteiger partial charge is 0.493 e. The molecule has 0 aliphatic carbocycles. The smallest absolute Gasteiger partial charge is 0.338 e. The molecule has 8 nitrogen and oxygen atoms in total. The molecule has 1 amide bonds. The van der Waals surface area contributed by atoms with Gasteiger partial charge in [-0.05, 0) is 31.0 Å². The molecule has 2 aromatic rings. The highest BCUT2D eigenvalue weighted by atomic mass is 16.6. The Hall–Kier alpha value is -3.55. The summed E-state index contributed by atoms with van der Waals surface area (Å²) in [6.45, 7) is 1.62. The van der Waals surface area contributed by atoms with Crippen LogP contribution in [-0.2, 0) is 20.7 Å². The molecule has 8 heteroatoms. The summed E-state index contributed by atoms with van der Waals surface area (Å²) in [5.41, 5.74) is 1.08. The van der Waals surface area contributed by atoms with Crippen molar-refractivity contribution in [2.24, 2.45) is 0 Å². The minimum atomic E-state index is -0.720. The molecule has 1 aliphatic heterocycles. The number of methoxy groups -OCH3 is 1. The third-order valence-corrected chi connectivity index (χ3v) is 4.51. The van der Waals surface area contributed by atoms with E-state index >= 15 is 0 Å². The maximum Gasteiger partial charge on any atom is 0.338 e. The summed E-state index contributed by atoms with van der Waals surface area (Å²) >= 11 is 0. The number of Topliss-reactive ketones (excluding diaryl/α,β-unsaturated/α-hetero) is 1. The molecule has 0 aromatic heterocycles. The topological polar surface area (TPSA) is 100 Å². The molecule has 1 atom stereocenters. The van der Waals surface area contributed by atoms with Crippen molar-refractivity contribution in [1.29, 1.82) is 0 Å². The number of carbonyl (C=O) groups excluding carboxylic acids is 3. The number of benzene rings is 2. The van der Waals surface area contributed by atoms with Crippen LogP contribution in [0.5, 0.6) is 17.2 Å². The fourth-order valence-electron chi connectivity index (χ4n) is 2.99. The first kappa shape index (κ1) is 21.2. The van der Waals surface area contributed by atoms with Crippen molar-refractivity contribution in [2.75, 3.05) is 26.9 Å². The number of hydrogen-bond donors (Lipinski definition) is 1. The number of hydrogen-bond acceptors (Lipinski definition) is 7. The normalized spacial score (nSPS) is 13.1. The van der Waals surface area contributed by atoms with E-state index in [1.807, 2.05) is 30.3 Å². The maximum absolute atomic E-state index is 12.4. The molecule has 0 spiro atoms. The highest BCUT2D eigenvalue weighted by molar-refractivity contribution is 5.93. The Balaban J connectivity index is 1.59. The molecule has 2 aromatic carbocycles. The van der Waals surface area contributed by atoms with Crippen molar-refractivity contribution in [3.63, 3.8) is 0 Å². The molecule has 0 bridgehead atoms. The average Bonchev–Trinajstić information content (AvgIpc) is 2.76. The summed E-state index contributed by atoms with van der Waals surface area (Å²) in [7, 11) is 1.45. The van der Waals surface area contributed by atoms with E-state index in [0.717, 1.165) is 5.56 Å². The average molecular weight is 413 g/mol. The lowest BCUT2D eigenvalue weighted by atomic mass is 10.0. The summed E-state index contributed by atoms with van der Waals surface area (Å²) in [6, 6.07) is 11.6. The predicted octanol–water partition coefficient (Wildman–Crippen LogP) is 1.94. The van der Waals surface area contributed by atoms with Crippen molar-refractivity contribution >= 4 is 17.7 Å². The third-order valence-electron chi connectivity index (χ3n) is 4.51. The van der Waals surface area contributed by atoms with Crippen LogP contribution in [0.4, 0.5) is 0 Å². The van der Waals surface area contributed by atoms with Gasteiger partial charge in [-0.1, -0.05) is 30.3 Å². The van der Waals surface area contributed by atoms with Crippen LogP contribution in [0, 0.1) is 0 Å². The van der Waals surface area contributed by atoms with E-state index < -0.39 is 24.5 Å². The van der Waals surface area contributed by atoms with Gasteiger partial charge in [0.15, 0.2) is 23.9 Å². The maximum atomic E-state index is 12.4. The van der Waals surface area contributed by atoms with Crippen LogP contribution in [0.15, 0.2) is 42.5 Å². The lowest BCUT2D eigenvalue weighted by molar-refractivity contribution is -0.128. The number of esters is 1. The molecule has 158 valence electrons. The van der Waals surface area contributed by atoms with E-state index in [1.54, 1.807) is 0 Å². The van der Waals surface area contributed by atoms with E-state index in [-0.39, 0.29) is 11.3 Å². The van der Waals surface area contributed by atoms with Gasteiger partial charge in [0, 0.05) is 0 Å². The Bertz CT molecular complexity index is 909. The molecule has 1 heterocycles. The Morgan fingerprint density at radius 2 is 1.83 bits per heavy atom. The second-order valence-corrected chi connectivity index (χ2v) is 6.70. The van der Waals surface area contributed by atoms with Crippen LogP contribution in [-0.4, -0.2) is 50.6 Å². The second kappa shape index (κ2) is 9.78. The quantitative estimate of drug-likeness (QED) is 0.660. The molecule has 0 fully saturated rings. The number of fused-ring (bicyclic) bond motifs is 1. The van der Waals surface area contributed by atoms with Crippen molar-refractivity contribution in [3.05, 3.63) is 53.6 Å². The van der Waals surface area contributed by atoms with Gasteiger partial charge in [0.05, 0.1) is 18.7 Å². The highest BCUT2D eigenvalue weighted by Gasteiger charge is 2.23. The van der Waals surface area contributed by atoms with Crippen LogP contribution in [0.3, 0.4) is 0 Å². The first-order chi connectivity index (χ1) is 14.5. The summed E-state index contributed by atoms with van der Waals surface area (Å²) < 4.78 is 21.3. The summed E-state index contributed by atoms with van der Waals surface area (Å²) in [6.07, 6.45) is 0.356. The van der Waals surface area contributed by atoms with Gasteiger partial charge in [-0.15, -0.1) is 0 Å². The zero-order chi connectivity index (χ0) is 21.5. The highest BCUT2D eigenvalue weighted by Crippen LogP contribution is 2.40. The number of rotatable bonds is 8. The fraction of sp³-hybridized carbons (Fsp3) is 0.318. The number of ether oxygens (including phenoxy) is 4. The van der Waals surface area contributed by atoms with Gasteiger partial charge in [-0.2, -0.15) is 0 Å². The number of carbonyl (C=O) groups is 3. The van der Waals surface area contributed by atoms with Gasteiger partial charge in [0.1, 0.15) is 13.2 Å². The molecular weight excluding hydrogens is 390 g/mol. The zero-order valence-corrected chi connectivity index (χ0v) is 16.8. The van der Waals surface area contributed by atoms with E-state index in [4.69, 9.17) is 18.9 Å². The zero-order valence-electron chi connectivity index (χ0n) is 16.8. The van der Waals surface area contributed by atoms with Gasteiger partial charge in [0.2, 0.25) is 5.75 Å². The molecule has 1 aliphatic rings. The van der Waals surface area contributed by atoms with Crippen molar-refractivity contribution < 1.29 is 33.3 Å². The Labute approximate surface area is 174 Å². The van der Waals surface area contributed by atoms with Crippen molar-refractivity contribution in [1.82, 2.24) is 5.32 Å². The molecular formula is C22H23NO7. The molecule has 30 heavy (non-hydrogen) atoms. The Morgan fingerprint density at radius 3 is 2.53 bits per heavy atom. The van der Waals surface area contributed by atoms with Gasteiger partial charge in [-0.3, -0.25) is 9.59 Å². The molecule has 0 radical (unpaired) electrons. The SMILES string of the molecule is COc1cc(C(=O)OCC(=O)N[C@H](Cc2ccccc2)C(C)=O)cc2c1OCCO2. The van der Waals surface area contributed by atoms with Crippen LogP contribution < -0.4 is 19.5 Å². The van der Waals surface area contributed by atoms with Gasteiger partial charge in [-0.25, -0.2) is 4.79 Å². The minimum absolute atomic E-state index is 0.163. The van der Waals surface area contributed by atoms with E-state index in [1.165, 1.54) is 26.2 Å². The van der Waals surface area contributed by atoms with Crippen LogP contribution in [0.1, 0.15) is 22.8 Å².